The lowest BCUT2D eigenvalue weighted by molar-refractivity contribution is 0.0963. The number of rotatable bonds is 5. The fourth-order valence-corrected chi connectivity index (χ4v) is 3.75. The smallest absolute Gasteiger partial charge is 0.251 e. The van der Waals surface area contributed by atoms with Gasteiger partial charge in [0.05, 0.1) is 16.9 Å². The van der Waals surface area contributed by atoms with Crippen LogP contribution in [-0.4, -0.2) is 28.1 Å². The lowest BCUT2D eigenvalue weighted by atomic mass is 10.2. The van der Waals surface area contributed by atoms with Crippen molar-refractivity contribution in [2.75, 3.05) is 7.05 Å². The van der Waals surface area contributed by atoms with Gasteiger partial charge in [-0.15, -0.1) is 12.4 Å². The van der Waals surface area contributed by atoms with E-state index < -0.39 is 0 Å². The lowest BCUT2D eigenvalue weighted by Crippen LogP contribution is -2.17. The monoisotopic (exact) mass is 422 g/mol. The molecule has 1 amide bonds. The van der Waals surface area contributed by atoms with E-state index in [2.05, 4.69) is 38.7 Å². The number of H-pyrrole nitrogens is 1. The van der Waals surface area contributed by atoms with Gasteiger partial charge >= 0.3 is 0 Å². The van der Waals surface area contributed by atoms with Crippen LogP contribution >= 0.6 is 24.2 Å². The zero-order chi connectivity index (χ0) is 19.3. The molecule has 0 saturated heterocycles. The largest absolute Gasteiger partial charge is 0.355 e. The van der Waals surface area contributed by atoms with Crippen LogP contribution in [0.2, 0.25) is 0 Å². The molecule has 146 valence electrons. The number of aromatic nitrogens is 3. The molecule has 0 fully saturated rings. The van der Waals surface area contributed by atoms with Gasteiger partial charge in [0.15, 0.2) is 0 Å². The highest BCUT2D eigenvalue weighted by Gasteiger charge is 2.07. The number of carbonyl (C=O) groups is 1. The molecule has 7 heteroatoms. The number of hydrogen-bond donors (Lipinski definition) is 2. The van der Waals surface area contributed by atoms with Gasteiger partial charge in [-0.25, -0.2) is 0 Å². The van der Waals surface area contributed by atoms with E-state index in [1.165, 1.54) is 0 Å². The molecular formula is C22H19ClN4OS. The molecule has 0 unspecified atom stereocenters. The number of amides is 1. The molecule has 2 heterocycles. The summed E-state index contributed by atoms with van der Waals surface area (Å²) < 4.78 is 0. The summed E-state index contributed by atoms with van der Waals surface area (Å²) in [6.45, 7) is 0. The minimum atomic E-state index is -0.0872. The maximum Gasteiger partial charge on any atom is 0.251 e. The molecule has 29 heavy (non-hydrogen) atoms. The highest BCUT2D eigenvalue weighted by Crippen LogP contribution is 2.31. The third kappa shape index (κ3) is 4.85. The van der Waals surface area contributed by atoms with Gasteiger partial charge in [0, 0.05) is 34.0 Å². The quantitative estimate of drug-likeness (QED) is 0.471. The molecule has 2 N–H and O–H groups in total. The van der Waals surface area contributed by atoms with Crippen LogP contribution in [-0.2, 0) is 0 Å². The molecule has 0 aliphatic carbocycles. The number of hydrogen-bond acceptors (Lipinski definition) is 4. The summed E-state index contributed by atoms with van der Waals surface area (Å²) in [7, 11) is 1.63. The van der Waals surface area contributed by atoms with Crippen LogP contribution < -0.4 is 5.32 Å². The number of carbonyl (C=O) groups excluding carboxylic acids is 1. The topological polar surface area (TPSA) is 70.7 Å². The molecule has 5 nitrogen and oxygen atoms in total. The van der Waals surface area contributed by atoms with E-state index in [1.807, 2.05) is 48.6 Å². The number of nitrogens with zero attached hydrogens (tertiary/aromatic N) is 2. The van der Waals surface area contributed by atoms with Gasteiger partial charge < -0.3 is 5.32 Å². The van der Waals surface area contributed by atoms with Gasteiger partial charge in [-0.05, 0) is 60.7 Å². The van der Waals surface area contributed by atoms with Crippen molar-refractivity contribution in [1.82, 2.24) is 20.5 Å². The fraction of sp³-hybridized carbons (Fsp3) is 0.0455. The average molecular weight is 423 g/mol. The first-order chi connectivity index (χ1) is 13.7. The zero-order valence-corrected chi connectivity index (χ0v) is 17.3. The molecule has 4 aromatic rings. The Morgan fingerprint density at radius 3 is 2.69 bits per heavy atom. The molecule has 4 rings (SSSR count). The fourth-order valence-electron chi connectivity index (χ4n) is 2.83. The van der Waals surface area contributed by atoms with Gasteiger partial charge in [-0.2, -0.15) is 5.10 Å². The van der Waals surface area contributed by atoms with Gasteiger partial charge in [0.25, 0.3) is 5.91 Å². The van der Waals surface area contributed by atoms with Crippen molar-refractivity contribution in [3.05, 3.63) is 83.8 Å². The number of pyridine rings is 1. The number of halogens is 1. The molecule has 0 bridgehead atoms. The van der Waals surface area contributed by atoms with Crippen LogP contribution in [0.1, 0.15) is 21.7 Å². The molecule has 0 saturated carbocycles. The molecule has 2 aromatic carbocycles. The first-order valence-electron chi connectivity index (χ1n) is 8.80. The second-order valence-corrected chi connectivity index (χ2v) is 7.26. The molecule has 2 aromatic heterocycles. The SMILES string of the molecule is CNC(=O)c1cccc(Sc2ccc3c(C=Cc4ccccn4)n[nH]c3c2)c1.Cl. The van der Waals surface area contributed by atoms with Crippen LogP contribution in [0.5, 0.6) is 0 Å². The third-order valence-electron chi connectivity index (χ3n) is 4.22. The predicted octanol–water partition coefficient (Wildman–Crippen LogP) is 5.06. The van der Waals surface area contributed by atoms with Crippen molar-refractivity contribution in [2.24, 2.45) is 0 Å². The maximum absolute atomic E-state index is 11.8. The molecular weight excluding hydrogens is 404 g/mol. The van der Waals surface area contributed by atoms with E-state index in [1.54, 1.807) is 31.1 Å². The second kappa shape index (κ2) is 9.41. The van der Waals surface area contributed by atoms with Crippen molar-refractivity contribution in [1.29, 1.82) is 0 Å². The van der Waals surface area contributed by atoms with Gasteiger partial charge in [-0.1, -0.05) is 23.9 Å². The van der Waals surface area contributed by atoms with E-state index in [-0.39, 0.29) is 18.3 Å². The Morgan fingerprint density at radius 2 is 1.90 bits per heavy atom. The van der Waals surface area contributed by atoms with E-state index in [0.717, 1.165) is 32.1 Å². The lowest BCUT2D eigenvalue weighted by Gasteiger charge is -2.05. The van der Waals surface area contributed by atoms with Crippen LogP contribution in [0.15, 0.2) is 76.7 Å². The summed E-state index contributed by atoms with van der Waals surface area (Å²) >= 11 is 1.61. The van der Waals surface area contributed by atoms with Crippen molar-refractivity contribution in [2.45, 2.75) is 9.79 Å². The second-order valence-electron chi connectivity index (χ2n) is 6.11. The van der Waals surface area contributed by atoms with Gasteiger partial charge in [0.2, 0.25) is 0 Å². The van der Waals surface area contributed by atoms with Crippen LogP contribution in [0, 0.1) is 0 Å². The minimum Gasteiger partial charge on any atom is -0.355 e. The summed E-state index contributed by atoms with van der Waals surface area (Å²) in [5.74, 6) is -0.0872. The Hall–Kier alpha value is -3.09. The maximum atomic E-state index is 11.8. The van der Waals surface area contributed by atoms with Crippen molar-refractivity contribution >= 4 is 53.1 Å². The summed E-state index contributed by atoms with van der Waals surface area (Å²) in [5.41, 5.74) is 3.38. The first-order valence-corrected chi connectivity index (χ1v) is 9.62. The third-order valence-corrected chi connectivity index (χ3v) is 5.20. The van der Waals surface area contributed by atoms with E-state index in [0.29, 0.717) is 5.56 Å². The average Bonchev–Trinajstić information content (AvgIpc) is 3.15. The highest BCUT2D eigenvalue weighted by molar-refractivity contribution is 7.99. The summed E-state index contributed by atoms with van der Waals surface area (Å²) in [6.07, 6.45) is 5.67. The number of aromatic amines is 1. The van der Waals surface area contributed by atoms with Gasteiger partial charge in [0.1, 0.15) is 0 Å². The van der Waals surface area contributed by atoms with Crippen molar-refractivity contribution in [3.8, 4) is 0 Å². The highest BCUT2D eigenvalue weighted by atomic mass is 35.5. The van der Waals surface area contributed by atoms with Crippen LogP contribution in [0.4, 0.5) is 0 Å². The standard InChI is InChI=1S/C22H18N4OS.ClH/c1-23-22(27)15-5-4-7-17(13-15)28-18-9-10-19-20(25-26-21(19)14-18)11-8-16-6-2-3-12-24-16;/h2-14H,1H3,(H,23,27)(H,25,26);1H. The molecule has 0 aliphatic heterocycles. The van der Waals surface area contributed by atoms with Crippen molar-refractivity contribution < 1.29 is 4.79 Å². The normalized spacial score (nSPS) is 10.8. The molecule has 0 radical (unpaired) electrons. The number of fused-ring (bicyclic) bond motifs is 1. The van der Waals surface area contributed by atoms with E-state index in [4.69, 9.17) is 0 Å². The van der Waals surface area contributed by atoms with Gasteiger partial charge in [-0.3, -0.25) is 14.9 Å². The van der Waals surface area contributed by atoms with E-state index >= 15 is 0 Å². The molecule has 0 atom stereocenters. The Labute approximate surface area is 179 Å². The summed E-state index contributed by atoms with van der Waals surface area (Å²) in [6, 6.07) is 19.6. The minimum absolute atomic E-state index is 0. The predicted molar refractivity (Wildman–Crippen MR) is 120 cm³/mol. The zero-order valence-electron chi connectivity index (χ0n) is 15.6. The first kappa shape index (κ1) is 20.6. The number of nitrogens with one attached hydrogen (secondary N) is 2. The Balaban J connectivity index is 0.00000240. The van der Waals surface area contributed by atoms with Crippen LogP contribution in [0.3, 0.4) is 0 Å². The Morgan fingerprint density at radius 1 is 1.03 bits per heavy atom. The number of benzene rings is 2. The van der Waals surface area contributed by atoms with Crippen LogP contribution in [0.25, 0.3) is 23.1 Å². The molecule has 0 aliphatic rings. The van der Waals surface area contributed by atoms with Crippen molar-refractivity contribution in [3.63, 3.8) is 0 Å². The summed E-state index contributed by atoms with van der Waals surface area (Å²) in [4.78, 5) is 18.2. The summed E-state index contributed by atoms with van der Waals surface area (Å²) in [5, 5.41) is 11.2. The van der Waals surface area contributed by atoms with E-state index in [9.17, 15) is 4.79 Å². The Bertz CT molecular complexity index is 1160. The molecule has 0 spiro atoms. The Kier molecular flexibility index (Phi) is 6.69.